The van der Waals surface area contributed by atoms with E-state index in [1.807, 2.05) is 12.1 Å². The number of carboxylic acids is 1. The molecular formula is C13H14N4O2. The van der Waals surface area contributed by atoms with Crippen molar-refractivity contribution in [3.8, 4) is 11.4 Å². The van der Waals surface area contributed by atoms with Crippen molar-refractivity contribution in [2.45, 2.75) is 31.7 Å². The van der Waals surface area contributed by atoms with Crippen LogP contribution in [0.15, 0.2) is 24.5 Å². The second kappa shape index (κ2) is 4.15. The molecule has 1 saturated carbocycles. The molecule has 0 atom stereocenters. The van der Waals surface area contributed by atoms with Crippen molar-refractivity contribution in [2.75, 3.05) is 0 Å². The van der Waals surface area contributed by atoms with Crippen LogP contribution in [-0.2, 0) is 10.3 Å². The van der Waals surface area contributed by atoms with Crippen LogP contribution in [0.25, 0.3) is 11.4 Å². The Labute approximate surface area is 110 Å². The monoisotopic (exact) mass is 258 g/mol. The van der Waals surface area contributed by atoms with E-state index in [9.17, 15) is 9.90 Å². The zero-order valence-electron chi connectivity index (χ0n) is 10.6. The fourth-order valence-electron chi connectivity index (χ4n) is 2.61. The Hall–Kier alpha value is -2.24. The maximum atomic E-state index is 11.6. The molecule has 2 heterocycles. The average molecular weight is 258 g/mol. The molecule has 0 aliphatic heterocycles. The van der Waals surface area contributed by atoms with Crippen LogP contribution < -0.4 is 0 Å². The average Bonchev–Trinajstić information content (AvgIpc) is 2.72. The fourth-order valence-corrected chi connectivity index (χ4v) is 2.61. The summed E-state index contributed by atoms with van der Waals surface area (Å²) < 4.78 is 1.76. The van der Waals surface area contributed by atoms with Crippen LogP contribution in [0.2, 0.25) is 0 Å². The van der Waals surface area contributed by atoms with Crippen LogP contribution >= 0.6 is 0 Å². The van der Waals surface area contributed by atoms with Gasteiger partial charge in [0.2, 0.25) is 0 Å². The van der Waals surface area contributed by atoms with Crippen molar-refractivity contribution >= 4 is 5.97 Å². The second-order valence-corrected chi connectivity index (χ2v) is 4.83. The highest BCUT2D eigenvalue weighted by Crippen LogP contribution is 2.42. The number of aryl methyl sites for hydroxylation is 1. The molecule has 2 aromatic heterocycles. The summed E-state index contributed by atoms with van der Waals surface area (Å²) in [6.45, 7) is 1.79. The van der Waals surface area contributed by atoms with Gasteiger partial charge in [0.1, 0.15) is 11.4 Å². The summed E-state index contributed by atoms with van der Waals surface area (Å²) in [5, 5.41) is 17.8. The molecule has 2 aromatic rings. The first-order chi connectivity index (χ1) is 9.15. The fraction of sp³-hybridized carbons (Fsp3) is 0.385. The lowest BCUT2D eigenvalue weighted by Gasteiger charge is -2.40. The second-order valence-electron chi connectivity index (χ2n) is 4.83. The summed E-state index contributed by atoms with van der Waals surface area (Å²) in [4.78, 5) is 15.6. The van der Waals surface area contributed by atoms with Gasteiger partial charge in [-0.05, 0) is 38.3 Å². The zero-order valence-corrected chi connectivity index (χ0v) is 10.6. The van der Waals surface area contributed by atoms with Crippen LogP contribution in [0.5, 0.6) is 0 Å². The van der Waals surface area contributed by atoms with Gasteiger partial charge in [-0.2, -0.15) is 0 Å². The molecule has 19 heavy (non-hydrogen) atoms. The number of aliphatic carboxylic acids is 1. The number of hydrogen-bond acceptors (Lipinski definition) is 4. The van der Waals surface area contributed by atoms with Gasteiger partial charge in [-0.1, -0.05) is 0 Å². The summed E-state index contributed by atoms with van der Waals surface area (Å²) in [5.74, 6) is 0.424. The lowest BCUT2D eigenvalue weighted by Crippen LogP contribution is -2.48. The Morgan fingerprint density at radius 1 is 1.32 bits per heavy atom. The summed E-state index contributed by atoms with van der Waals surface area (Å²) in [5.41, 5.74) is -0.0465. The van der Waals surface area contributed by atoms with Gasteiger partial charge in [0.25, 0.3) is 0 Å². The molecule has 0 unspecified atom stereocenters. The molecule has 0 aromatic carbocycles. The molecule has 6 nitrogen and oxygen atoms in total. The van der Waals surface area contributed by atoms with Crippen molar-refractivity contribution in [1.29, 1.82) is 0 Å². The molecular weight excluding hydrogens is 244 g/mol. The minimum atomic E-state index is -0.883. The number of nitrogens with zero attached hydrogens (tertiary/aromatic N) is 4. The Kier molecular flexibility index (Phi) is 2.58. The molecule has 0 spiro atoms. The topological polar surface area (TPSA) is 80.9 Å². The molecule has 0 radical (unpaired) electrons. The van der Waals surface area contributed by atoms with Crippen molar-refractivity contribution in [1.82, 2.24) is 19.7 Å². The summed E-state index contributed by atoms with van der Waals surface area (Å²) in [6.07, 6.45) is 5.49. The first-order valence-corrected chi connectivity index (χ1v) is 6.21. The van der Waals surface area contributed by atoms with E-state index in [1.54, 1.807) is 23.9 Å². The van der Waals surface area contributed by atoms with E-state index in [1.165, 1.54) is 0 Å². The summed E-state index contributed by atoms with van der Waals surface area (Å²) in [6, 6.07) is 3.63. The van der Waals surface area contributed by atoms with Crippen molar-refractivity contribution in [2.24, 2.45) is 0 Å². The Bertz CT molecular complexity index is 617. The van der Waals surface area contributed by atoms with Gasteiger partial charge in [0.15, 0.2) is 5.82 Å². The molecule has 6 heteroatoms. The van der Waals surface area contributed by atoms with Crippen LogP contribution in [0.4, 0.5) is 0 Å². The normalized spacial score (nSPS) is 16.9. The number of carboxylic acid groups (broad SMARTS) is 1. The van der Waals surface area contributed by atoms with Crippen LogP contribution in [0.1, 0.15) is 25.1 Å². The van der Waals surface area contributed by atoms with Crippen molar-refractivity contribution in [3.05, 3.63) is 30.4 Å². The zero-order chi connectivity index (χ0) is 13.5. The van der Waals surface area contributed by atoms with Gasteiger partial charge in [-0.15, -0.1) is 10.2 Å². The summed E-state index contributed by atoms with van der Waals surface area (Å²) >= 11 is 0. The lowest BCUT2D eigenvalue weighted by molar-refractivity contribution is -0.152. The molecule has 98 valence electrons. The standard InChI is InChI=1S/C13H14N4O2/c1-9-15-16-11(10-3-7-14-8-4-10)17(9)13(12(18)19)5-2-6-13/h3-4,7-8H,2,5-6H2,1H3,(H,18,19). The molecule has 0 amide bonds. The van der Waals surface area contributed by atoms with Gasteiger partial charge < -0.3 is 5.11 Å². The molecule has 1 aliphatic carbocycles. The first-order valence-electron chi connectivity index (χ1n) is 6.21. The van der Waals surface area contributed by atoms with Crippen LogP contribution in [0.3, 0.4) is 0 Å². The quantitative estimate of drug-likeness (QED) is 0.904. The highest BCUT2D eigenvalue weighted by Gasteiger charge is 2.48. The highest BCUT2D eigenvalue weighted by molar-refractivity contribution is 5.79. The van der Waals surface area contributed by atoms with E-state index in [0.717, 1.165) is 12.0 Å². The predicted octanol–water partition coefficient (Wildman–Crippen LogP) is 1.61. The van der Waals surface area contributed by atoms with Gasteiger partial charge in [0.05, 0.1) is 0 Å². The van der Waals surface area contributed by atoms with E-state index in [-0.39, 0.29) is 0 Å². The van der Waals surface area contributed by atoms with Crippen molar-refractivity contribution in [3.63, 3.8) is 0 Å². The number of pyridine rings is 1. The van der Waals surface area contributed by atoms with E-state index in [4.69, 9.17) is 0 Å². The SMILES string of the molecule is Cc1nnc(-c2ccncc2)n1C1(C(=O)O)CCC1. The smallest absolute Gasteiger partial charge is 0.330 e. The van der Waals surface area contributed by atoms with E-state index in [0.29, 0.717) is 24.5 Å². The molecule has 1 aliphatic rings. The first kappa shape index (κ1) is 11.8. The number of rotatable bonds is 3. The number of aromatic nitrogens is 4. The van der Waals surface area contributed by atoms with Gasteiger partial charge in [0, 0.05) is 18.0 Å². The minimum absolute atomic E-state index is 0.599. The lowest BCUT2D eigenvalue weighted by atomic mass is 9.76. The third kappa shape index (κ3) is 1.63. The predicted molar refractivity (Wildman–Crippen MR) is 67.5 cm³/mol. The van der Waals surface area contributed by atoms with E-state index >= 15 is 0 Å². The third-order valence-corrected chi connectivity index (χ3v) is 3.77. The minimum Gasteiger partial charge on any atom is -0.479 e. The van der Waals surface area contributed by atoms with Gasteiger partial charge in [-0.3, -0.25) is 9.55 Å². The van der Waals surface area contributed by atoms with E-state index < -0.39 is 11.5 Å². The Balaban J connectivity index is 2.17. The molecule has 1 N–H and O–H groups in total. The van der Waals surface area contributed by atoms with Gasteiger partial charge >= 0.3 is 5.97 Å². The number of hydrogen-bond donors (Lipinski definition) is 1. The Morgan fingerprint density at radius 3 is 2.53 bits per heavy atom. The van der Waals surface area contributed by atoms with E-state index in [2.05, 4.69) is 15.2 Å². The molecule has 0 saturated heterocycles. The summed E-state index contributed by atoms with van der Waals surface area (Å²) in [7, 11) is 0. The molecule has 1 fully saturated rings. The van der Waals surface area contributed by atoms with Gasteiger partial charge in [-0.25, -0.2) is 4.79 Å². The molecule has 0 bridgehead atoms. The maximum Gasteiger partial charge on any atom is 0.330 e. The van der Waals surface area contributed by atoms with Crippen molar-refractivity contribution < 1.29 is 9.90 Å². The Morgan fingerprint density at radius 2 is 2.00 bits per heavy atom. The van der Waals surface area contributed by atoms with Crippen LogP contribution in [0, 0.1) is 6.92 Å². The highest BCUT2D eigenvalue weighted by atomic mass is 16.4. The van der Waals surface area contributed by atoms with Crippen LogP contribution in [-0.4, -0.2) is 30.8 Å². The largest absolute Gasteiger partial charge is 0.479 e. The molecule has 3 rings (SSSR count). The maximum absolute atomic E-state index is 11.6. The number of carbonyl (C=O) groups is 1. The third-order valence-electron chi connectivity index (χ3n) is 3.77.